The lowest BCUT2D eigenvalue weighted by Crippen LogP contribution is -2.46. The van der Waals surface area contributed by atoms with Crippen LogP contribution in [-0.2, 0) is 13.0 Å². The lowest BCUT2D eigenvalue weighted by atomic mass is 10.1. The molecule has 0 bridgehead atoms. The van der Waals surface area contributed by atoms with Gasteiger partial charge >= 0.3 is 0 Å². The first-order valence-electron chi connectivity index (χ1n) is 7.57. The van der Waals surface area contributed by atoms with Crippen molar-refractivity contribution in [1.29, 1.82) is 0 Å². The number of carbonyl (C=O) groups is 1. The Kier molecular flexibility index (Phi) is 4.73. The topological polar surface area (TPSA) is 38.1 Å². The fourth-order valence-electron chi connectivity index (χ4n) is 2.85. The van der Waals surface area contributed by atoms with Crippen LogP contribution in [0.4, 0.5) is 17.6 Å². The maximum atomic E-state index is 13.3. The summed E-state index contributed by atoms with van der Waals surface area (Å²) in [6.45, 7) is 1.33. The minimum Gasteiger partial charge on any atom is -0.328 e. The Labute approximate surface area is 146 Å². The number of rotatable bonds is 4. The van der Waals surface area contributed by atoms with Gasteiger partial charge in [-0.1, -0.05) is 11.6 Å². The summed E-state index contributed by atoms with van der Waals surface area (Å²) in [7, 11) is 0. The zero-order valence-electron chi connectivity index (χ0n) is 13.1. The molecule has 0 saturated heterocycles. The smallest absolute Gasteiger partial charge is 0.275 e. The molecular formula is C16H14ClF4N3O. The number of aromatic nitrogens is 2. The highest BCUT2D eigenvalue weighted by Crippen LogP contribution is 2.28. The first kappa shape index (κ1) is 17.7. The molecular weight excluding hydrogens is 362 g/mol. The van der Waals surface area contributed by atoms with Crippen LogP contribution >= 0.6 is 11.6 Å². The Morgan fingerprint density at radius 2 is 1.88 bits per heavy atom. The molecule has 0 fully saturated rings. The second kappa shape index (κ2) is 6.67. The van der Waals surface area contributed by atoms with Crippen LogP contribution in [0.25, 0.3) is 0 Å². The summed E-state index contributed by atoms with van der Waals surface area (Å²) in [5, 5.41) is 4.25. The van der Waals surface area contributed by atoms with Gasteiger partial charge in [0, 0.05) is 18.2 Å². The number of benzene rings is 1. The van der Waals surface area contributed by atoms with Crippen LogP contribution in [-0.4, -0.2) is 39.6 Å². The second-order valence-electron chi connectivity index (χ2n) is 5.88. The molecule has 1 aliphatic rings. The van der Waals surface area contributed by atoms with E-state index in [4.69, 9.17) is 11.6 Å². The van der Waals surface area contributed by atoms with Crippen molar-refractivity contribution in [2.24, 2.45) is 0 Å². The molecule has 1 unspecified atom stereocenters. The van der Waals surface area contributed by atoms with Crippen LogP contribution in [0.15, 0.2) is 18.2 Å². The van der Waals surface area contributed by atoms with E-state index >= 15 is 0 Å². The minimum atomic E-state index is -2.67. The molecule has 0 spiro atoms. The maximum absolute atomic E-state index is 13.3. The number of hydrogen-bond acceptors (Lipinski definition) is 2. The quantitative estimate of drug-likeness (QED) is 0.767. The Morgan fingerprint density at radius 3 is 2.48 bits per heavy atom. The summed E-state index contributed by atoms with van der Waals surface area (Å²) in [4.78, 5) is 13.5. The van der Waals surface area contributed by atoms with E-state index in [0.29, 0.717) is 5.56 Å². The van der Waals surface area contributed by atoms with Crippen molar-refractivity contribution < 1.29 is 22.4 Å². The molecule has 3 rings (SSSR count). The zero-order valence-corrected chi connectivity index (χ0v) is 13.9. The van der Waals surface area contributed by atoms with Crippen molar-refractivity contribution in [2.45, 2.75) is 32.4 Å². The third kappa shape index (κ3) is 3.35. The van der Waals surface area contributed by atoms with Crippen molar-refractivity contribution in [1.82, 2.24) is 14.7 Å². The Morgan fingerprint density at radius 1 is 1.24 bits per heavy atom. The SMILES string of the molecule is CC(C(F)F)N1CCc2c(nn(Cc3cc(F)cc(F)c3)c2Cl)C1=O. The average molecular weight is 376 g/mol. The molecule has 2 heterocycles. The van der Waals surface area contributed by atoms with Crippen molar-refractivity contribution >= 4 is 17.5 Å². The van der Waals surface area contributed by atoms with Crippen molar-refractivity contribution in [2.75, 3.05) is 6.54 Å². The Hall–Kier alpha value is -2.09. The fourth-order valence-corrected chi connectivity index (χ4v) is 3.13. The van der Waals surface area contributed by atoms with Gasteiger partial charge in [-0.05, 0) is 31.0 Å². The molecule has 0 N–H and O–H groups in total. The second-order valence-corrected chi connectivity index (χ2v) is 6.23. The largest absolute Gasteiger partial charge is 0.328 e. The van der Waals surface area contributed by atoms with E-state index < -0.39 is 30.0 Å². The number of amides is 1. The van der Waals surface area contributed by atoms with Crippen molar-refractivity contribution in [3.63, 3.8) is 0 Å². The number of alkyl halides is 2. The third-order valence-corrected chi connectivity index (χ3v) is 4.58. The lowest BCUT2D eigenvalue weighted by Gasteiger charge is -2.31. The van der Waals surface area contributed by atoms with Crippen molar-refractivity contribution in [3.05, 3.63) is 51.8 Å². The maximum Gasteiger partial charge on any atom is 0.275 e. The third-order valence-electron chi connectivity index (χ3n) is 4.16. The van der Waals surface area contributed by atoms with Gasteiger partial charge in [-0.3, -0.25) is 4.79 Å². The lowest BCUT2D eigenvalue weighted by molar-refractivity contribution is 0.0254. The first-order valence-corrected chi connectivity index (χ1v) is 7.95. The normalized spacial score (nSPS) is 15.6. The van der Waals surface area contributed by atoms with Gasteiger partial charge in [0.1, 0.15) is 16.8 Å². The van der Waals surface area contributed by atoms with Gasteiger partial charge in [-0.15, -0.1) is 0 Å². The van der Waals surface area contributed by atoms with Gasteiger partial charge < -0.3 is 4.90 Å². The predicted molar refractivity (Wildman–Crippen MR) is 82.9 cm³/mol. The molecule has 0 radical (unpaired) electrons. The van der Waals surface area contributed by atoms with Crippen LogP contribution in [0.3, 0.4) is 0 Å². The van der Waals surface area contributed by atoms with E-state index in [1.807, 2.05) is 0 Å². The summed E-state index contributed by atoms with van der Waals surface area (Å²) in [6, 6.07) is 1.77. The molecule has 1 amide bonds. The van der Waals surface area contributed by atoms with Crippen LogP contribution in [0, 0.1) is 11.6 Å². The van der Waals surface area contributed by atoms with Gasteiger partial charge in [0.2, 0.25) is 0 Å². The summed E-state index contributed by atoms with van der Waals surface area (Å²) < 4.78 is 53.6. The number of carbonyl (C=O) groups excluding carboxylic acids is 1. The predicted octanol–water partition coefficient (Wildman–Crippen LogP) is 3.51. The molecule has 4 nitrogen and oxygen atoms in total. The van der Waals surface area contributed by atoms with Crippen LogP contribution < -0.4 is 0 Å². The molecule has 25 heavy (non-hydrogen) atoms. The summed E-state index contributed by atoms with van der Waals surface area (Å²) in [6.07, 6.45) is -2.38. The molecule has 1 aliphatic heterocycles. The monoisotopic (exact) mass is 375 g/mol. The summed E-state index contributed by atoms with van der Waals surface area (Å²) in [5.41, 5.74) is 0.742. The first-order chi connectivity index (χ1) is 11.8. The molecule has 1 aromatic heterocycles. The van der Waals surface area contributed by atoms with Gasteiger partial charge in [-0.2, -0.15) is 5.10 Å². The fraction of sp³-hybridized carbons (Fsp3) is 0.375. The van der Waals surface area contributed by atoms with Gasteiger partial charge in [0.25, 0.3) is 12.3 Å². The van der Waals surface area contributed by atoms with Gasteiger partial charge in [0.15, 0.2) is 5.69 Å². The van der Waals surface area contributed by atoms with Gasteiger partial charge in [-0.25, -0.2) is 22.2 Å². The van der Waals surface area contributed by atoms with E-state index in [9.17, 15) is 22.4 Å². The van der Waals surface area contributed by atoms with E-state index in [1.165, 1.54) is 11.6 Å². The molecule has 134 valence electrons. The number of hydrogen-bond donors (Lipinski definition) is 0. The standard InChI is InChI=1S/C16H14ClF4N3O/c1-8(15(20)21)23-3-2-12-13(16(23)25)22-24(14(12)17)7-9-4-10(18)6-11(19)5-9/h4-6,8,15H,2-3,7H2,1H3. The van der Waals surface area contributed by atoms with Gasteiger partial charge in [0.05, 0.1) is 12.6 Å². The molecule has 2 aromatic rings. The van der Waals surface area contributed by atoms with E-state index in [-0.39, 0.29) is 35.9 Å². The number of halogens is 5. The molecule has 9 heteroatoms. The average Bonchev–Trinajstić information content (AvgIpc) is 2.83. The molecule has 0 saturated carbocycles. The molecule has 1 atom stereocenters. The van der Waals surface area contributed by atoms with E-state index in [1.54, 1.807) is 0 Å². The van der Waals surface area contributed by atoms with E-state index in [2.05, 4.69) is 5.10 Å². The Bertz CT molecular complexity index is 804. The van der Waals surface area contributed by atoms with E-state index in [0.717, 1.165) is 23.1 Å². The highest BCUT2D eigenvalue weighted by molar-refractivity contribution is 6.31. The molecule has 1 aromatic carbocycles. The summed E-state index contributed by atoms with van der Waals surface area (Å²) >= 11 is 6.22. The number of fused-ring (bicyclic) bond motifs is 1. The minimum absolute atomic E-state index is 0.000579. The van der Waals surface area contributed by atoms with Crippen LogP contribution in [0.1, 0.15) is 28.5 Å². The van der Waals surface area contributed by atoms with Crippen LogP contribution in [0.2, 0.25) is 5.15 Å². The summed E-state index contributed by atoms with van der Waals surface area (Å²) in [5.74, 6) is -2.10. The van der Waals surface area contributed by atoms with Crippen molar-refractivity contribution in [3.8, 4) is 0 Å². The Balaban J connectivity index is 1.91. The highest BCUT2D eigenvalue weighted by atomic mass is 35.5. The zero-order chi connectivity index (χ0) is 18.3. The highest BCUT2D eigenvalue weighted by Gasteiger charge is 2.35. The van der Waals surface area contributed by atoms with Crippen LogP contribution in [0.5, 0.6) is 0 Å². The number of nitrogens with zero attached hydrogens (tertiary/aromatic N) is 3. The molecule has 0 aliphatic carbocycles.